The van der Waals surface area contributed by atoms with Gasteiger partial charge in [-0.3, -0.25) is 14.7 Å². The van der Waals surface area contributed by atoms with Crippen molar-refractivity contribution in [3.8, 4) is 5.75 Å². The maximum Gasteiger partial charge on any atom is 0.231 e. The fraction of sp³-hybridized carbons (Fsp3) is 0.545. The number of ether oxygens (including phenoxy) is 1. The number of aromatic nitrogens is 1. The second-order valence-corrected chi connectivity index (χ2v) is 11.6. The molecule has 4 rings (SSSR count). The van der Waals surface area contributed by atoms with E-state index in [-0.39, 0.29) is 17.9 Å². The normalized spacial score (nSPS) is 20.9. The first-order valence-electron chi connectivity index (χ1n) is 14.8. The quantitative estimate of drug-likeness (QED) is 0.352. The summed E-state index contributed by atoms with van der Waals surface area (Å²) in [6, 6.07) is 10.7. The Hall–Kier alpha value is -3.15. The number of hydrogen-bond donors (Lipinski definition) is 1. The van der Waals surface area contributed by atoms with Crippen LogP contribution in [-0.4, -0.2) is 36.8 Å². The van der Waals surface area contributed by atoms with Gasteiger partial charge in [0.2, 0.25) is 5.91 Å². The molecule has 0 bridgehead atoms. The Morgan fingerprint density at radius 1 is 1.10 bits per heavy atom. The fourth-order valence-electron chi connectivity index (χ4n) is 6.15. The molecule has 1 aromatic carbocycles. The van der Waals surface area contributed by atoms with Crippen LogP contribution in [-0.2, 0) is 4.79 Å². The van der Waals surface area contributed by atoms with E-state index in [1.54, 1.807) is 19.5 Å². The highest BCUT2D eigenvalue weighted by atomic mass is 16.5. The van der Waals surface area contributed by atoms with Gasteiger partial charge in [0.15, 0.2) is 0 Å². The monoisotopic (exact) mass is 530 g/mol. The lowest BCUT2D eigenvalue weighted by Crippen LogP contribution is -2.41. The third kappa shape index (κ3) is 7.49. The fourth-order valence-corrected chi connectivity index (χ4v) is 6.15. The van der Waals surface area contributed by atoms with Crippen LogP contribution in [0.2, 0.25) is 0 Å². The first-order chi connectivity index (χ1) is 18.9. The smallest absolute Gasteiger partial charge is 0.231 e. The average molecular weight is 531 g/mol. The molecule has 1 aromatic heterocycles. The standard InChI is InChI=1S/C33H46N4O2/c1-23(2)36-21-30(20-34)29-16-17-35-32(19-29)37(33(38)27-8-6-5-7-9-27)22-25-10-12-26(13-11-25)28-14-15-31(39-4)24(3)18-28/h14-21,23,25-27H,5-13,22,34H2,1-4H3. The molecule has 210 valence electrons. The van der Waals surface area contributed by atoms with Crippen LogP contribution in [0.25, 0.3) is 5.57 Å². The number of carbonyl (C=O) groups is 1. The number of nitrogens with two attached hydrogens (primary N) is 1. The summed E-state index contributed by atoms with van der Waals surface area (Å²) in [6.07, 6.45) is 15.2. The van der Waals surface area contributed by atoms with Gasteiger partial charge >= 0.3 is 0 Å². The molecule has 0 saturated heterocycles. The number of hydrogen-bond acceptors (Lipinski definition) is 5. The van der Waals surface area contributed by atoms with E-state index in [1.807, 2.05) is 37.1 Å². The lowest BCUT2D eigenvalue weighted by molar-refractivity contribution is -0.123. The van der Waals surface area contributed by atoms with Crippen molar-refractivity contribution in [3.63, 3.8) is 0 Å². The Bertz CT molecular complexity index is 1160. The van der Waals surface area contributed by atoms with Crippen molar-refractivity contribution in [1.82, 2.24) is 4.98 Å². The zero-order valence-corrected chi connectivity index (χ0v) is 24.2. The van der Waals surface area contributed by atoms with Crippen LogP contribution in [0.3, 0.4) is 0 Å². The van der Waals surface area contributed by atoms with E-state index in [4.69, 9.17) is 15.5 Å². The van der Waals surface area contributed by atoms with E-state index in [0.717, 1.165) is 80.6 Å². The van der Waals surface area contributed by atoms with E-state index < -0.39 is 0 Å². The van der Waals surface area contributed by atoms with Crippen molar-refractivity contribution in [2.75, 3.05) is 18.6 Å². The van der Waals surface area contributed by atoms with Crippen LogP contribution in [0.4, 0.5) is 5.82 Å². The number of benzene rings is 1. The first-order valence-corrected chi connectivity index (χ1v) is 14.8. The predicted octanol–water partition coefficient (Wildman–Crippen LogP) is 7.06. The van der Waals surface area contributed by atoms with Crippen molar-refractivity contribution in [3.05, 3.63) is 59.4 Å². The van der Waals surface area contributed by atoms with Gasteiger partial charge in [-0.1, -0.05) is 31.4 Å². The van der Waals surface area contributed by atoms with Gasteiger partial charge in [0.25, 0.3) is 0 Å². The van der Waals surface area contributed by atoms with Crippen molar-refractivity contribution in [1.29, 1.82) is 0 Å². The minimum absolute atomic E-state index is 0.0924. The molecule has 2 aliphatic rings. The Morgan fingerprint density at radius 2 is 1.85 bits per heavy atom. The van der Waals surface area contributed by atoms with Crippen molar-refractivity contribution < 1.29 is 9.53 Å². The predicted molar refractivity (Wildman–Crippen MR) is 161 cm³/mol. The number of methoxy groups -OCH3 is 1. The Labute approximate surface area is 234 Å². The highest BCUT2D eigenvalue weighted by Gasteiger charge is 2.31. The van der Waals surface area contributed by atoms with Crippen LogP contribution in [0.5, 0.6) is 5.75 Å². The Balaban J connectivity index is 1.52. The topological polar surface area (TPSA) is 80.8 Å². The second-order valence-electron chi connectivity index (χ2n) is 11.6. The number of allylic oxidation sites excluding steroid dienone is 1. The molecule has 0 spiro atoms. The Morgan fingerprint density at radius 3 is 2.49 bits per heavy atom. The van der Waals surface area contributed by atoms with Gasteiger partial charge in [-0.05, 0) is 106 Å². The first kappa shape index (κ1) is 28.8. The third-order valence-electron chi connectivity index (χ3n) is 8.44. The maximum absolute atomic E-state index is 13.9. The van der Waals surface area contributed by atoms with Crippen molar-refractivity contribution in [2.45, 2.75) is 90.5 Å². The van der Waals surface area contributed by atoms with E-state index in [9.17, 15) is 4.79 Å². The molecule has 2 fully saturated rings. The highest BCUT2D eigenvalue weighted by molar-refractivity contribution is 6.10. The van der Waals surface area contributed by atoms with E-state index in [1.165, 1.54) is 17.5 Å². The molecule has 2 aromatic rings. The average Bonchev–Trinajstić information content (AvgIpc) is 2.96. The van der Waals surface area contributed by atoms with Gasteiger partial charge in [-0.25, -0.2) is 4.98 Å². The minimum Gasteiger partial charge on any atom is -0.496 e. The molecule has 0 radical (unpaired) electrons. The number of rotatable bonds is 9. The van der Waals surface area contributed by atoms with Gasteiger partial charge in [0, 0.05) is 42.7 Å². The molecule has 2 aliphatic carbocycles. The maximum atomic E-state index is 13.9. The van der Waals surface area contributed by atoms with Crippen LogP contribution in [0.1, 0.15) is 94.2 Å². The number of aliphatic imine (C=N–C) groups is 1. The van der Waals surface area contributed by atoms with E-state index >= 15 is 0 Å². The summed E-state index contributed by atoms with van der Waals surface area (Å²) in [5.74, 6) is 3.03. The molecule has 0 atom stereocenters. The molecule has 2 saturated carbocycles. The van der Waals surface area contributed by atoms with Gasteiger partial charge < -0.3 is 10.5 Å². The second kappa shape index (κ2) is 13.8. The molecule has 1 amide bonds. The third-order valence-corrected chi connectivity index (χ3v) is 8.44. The van der Waals surface area contributed by atoms with Gasteiger partial charge in [0.05, 0.1) is 7.11 Å². The Kier molecular flexibility index (Phi) is 10.2. The summed E-state index contributed by atoms with van der Waals surface area (Å²) < 4.78 is 5.46. The van der Waals surface area contributed by atoms with E-state index in [2.05, 4.69) is 30.1 Å². The zero-order chi connectivity index (χ0) is 27.8. The van der Waals surface area contributed by atoms with Gasteiger partial charge in [0.1, 0.15) is 11.6 Å². The minimum atomic E-state index is 0.0924. The molecular weight excluding hydrogens is 484 g/mol. The largest absolute Gasteiger partial charge is 0.496 e. The highest BCUT2D eigenvalue weighted by Crippen LogP contribution is 2.38. The summed E-state index contributed by atoms with van der Waals surface area (Å²) in [7, 11) is 1.73. The molecule has 39 heavy (non-hydrogen) atoms. The van der Waals surface area contributed by atoms with Gasteiger partial charge in [-0.2, -0.15) is 0 Å². The molecule has 6 heteroatoms. The summed E-state index contributed by atoms with van der Waals surface area (Å²) in [5, 5.41) is 0. The van der Waals surface area contributed by atoms with Gasteiger partial charge in [-0.15, -0.1) is 0 Å². The molecule has 0 unspecified atom stereocenters. The molecule has 1 heterocycles. The molecule has 0 aliphatic heterocycles. The number of amides is 1. The van der Waals surface area contributed by atoms with Crippen molar-refractivity contribution >= 4 is 23.5 Å². The number of anilines is 1. The van der Waals surface area contributed by atoms with E-state index in [0.29, 0.717) is 11.8 Å². The molecular formula is C33H46N4O2. The summed E-state index contributed by atoms with van der Waals surface area (Å²) >= 11 is 0. The number of pyridine rings is 1. The number of nitrogens with zero attached hydrogens (tertiary/aromatic N) is 3. The lowest BCUT2D eigenvalue weighted by atomic mass is 9.78. The summed E-state index contributed by atoms with van der Waals surface area (Å²) in [4.78, 5) is 25.1. The van der Waals surface area contributed by atoms with Crippen LogP contribution >= 0.6 is 0 Å². The number of carbonyl (C=O) groups excluding carboxylic acids is 1. The van der Waals surface area contributed by atoms with Crippen LogP contribution < -0.4 is 15.4 Å². The molecule has 6 nitrogen and oxygen atoms in total. The van der Waals surface area contributed by atoms with Crippen LogP contribution in [0, 0.1) is 18.8 Å². The van der Waals surface area contributed by atoms with Crippen molar-refractivity contribution in [2.24, 2.45) is 22.6 Å². The zero-order valence-electron chi connectivity index (χ0n) is 24.2. The molecule has 2 N–H and O–H groups in total. The summed E-state index contributed by atoms with van der Waals surface area (Å²) in [6.45, 7) is 6.92. The lowest BCUT2D eigenvalue weighted by Gasteiger charge is -2.35. The number of aryl methyl sites for hydroxylation is 1. The summed E-state index contributed by atoms with van der Waals surface area (Å²) in [5.41, 5.74) is 10.3. The SMILES string of the molecule is COc1ccc(C2CCC(CN(C(=O)C3CCCCC3)c3cc(C(C=NC(C)C)=CN)ccn3)CC2)cc1C. The van der Waals surface area contributed by atoms with Crippen LogP contribution in [0.15, 0.2) is 47.7 Å².